The number of aromatic nitrogens is 1. The molecule has 0 atom stereocenters. The lowest BCUT2D eigenvalue weighted by atomic mass is 10.1. The first-order chi connectivity index (χ1) is 13.3. The summed E-state index contributed by atoms with van der Waals surface area (Å²) in [6, 6.07) is 12.8. The van der Waals surface area contributed by atoms with Gasteiger partial charge in [0, 0.05) is 58.2 Å². The maximum atomic E-state index is 4.88. The summed E-state index contributed by atoms with van der Waals surface area (Å²) >= 11 is 0. The molecule has 1 fully saturated rings. The van der Waals surface area contributed by atoms with Gasteiger partial charge >= 0.3 is 0 Å². The summed E-state index contributed by atoms with van der Waals surface area (Å²) < 4.78 is 0. The molecule has 6 heteroatoms. The van der Waals surface area contributed by atoms with Crippen LogP contribution in [-0.2, 0) is 13.0 Å². The van der Waals surface area contributed by atoms with Crippen molar-refractivity contribution in [1.29, 1.82) is 0 Å². The average Bonchev–Trinajstić information content (AvgIpc) is 2.70. The normalized spacial score (nSPS) is 15.2. The molecule has 1 aromatic heterocycles. The molecule has 2 aromatic rings. The highest BCUT2D eigenvalue weighted by Gasteiger charge is 2.19. The molecule has 0 aliphatic carbocycles. The van der Waals surface area contributed by atoms with Crippen LogP contribution in [0.1, 0.15) is 23.6 Å². The number of aliphatic imine (C=N–C) groups is 1. The summed E-state index contributed by atoms with van der Waals surface area (Å²) in [6.07, 6.45) is 4.75. The minimum Gasteiger partial charge on any atom is -0.357 e. The molecule has 152 valence electrons. The van der Waals surface area contributed by atoms with E-state index in [9.17, 15) is 0 Å². The van der Waals surface area contributed by atoms with Crippen LogP contribution in [0.2, 0.25) is 0 Å². The lowest BCUT2D eigenvalue weighted by Gasteiger charge is -2.36. The number of benzene rings is 1. The number of nitrogens with zero attached hydrogens (tertiary/aromatic N) is 4. The predicted molar refractivity (Wildman–Crippen MR) is 127 cm³/mol. The Morgan fingerprint density at radius 2 is 1.86 bits per heavy atom. The largest absolute Gasteiger partial charge is 0.357 e. The first-order valence-electron chi connectivity index (χ1n) is 9.95. The molecule has 0 bridgehead atoms. The van der Waals surface area contributed by atoms with E-state index in [1.165, 1.54) is 16.7 Å². The zero-order chi connectivity index (χ0) is 18.9. The van der Waals surface area contributed by atoms with Crippen LogP contribution < -0.4 is 5.32 Å². The summed E-state index contributed by atoms with van der Waals surface area (Å²) in [4.78, 5) is 14.0. The second kappa shape index (κ2) is 12.0. The summed E-state index contributed by atoms with van der Waals surface area (Å²) in [7, 11) is 0. The van der Waals surface area contributed by atoms with E-state index in [0.29, 0.717) is 0 Å². The van der Waals surface area contributed by atoms with Crippen molar-refractivity contribution in [1.82, 2.24) is 20.1 Å². The maximum Gasteiger partial charge on any atom is 0.194 e. The van der Waals surface area contributed by atoms with Gasteiger partial charge in [-0.1, -0.05) is 30.3 Å². The summed E-state index contributed by atoms with van der Waals surface area (Å²) in [5, 5.41) is 3.46. The third kappa shape index (κ3) is 6.74. The lowest BCUT2D eigenvalue weighted by Crippen LogP contribution is -2.52. The van der Waals surface area contributed by atoms with Gasteiger partial charge in [-0.05, 0) is 43.0 Å². The molecule has 1 aromatic carbocycles. The number of guanidine groups is 1. The van der Waals surface area contributed by atoms with Crippen LogP contribution >= 0.6 is 24.0 Å². The van der Waals surface area contributed by atoms with Crippen LogP contribution in [0.5, 0.6) is 0 Å². The van der Waals surface area contributed by atoms with Crippen molar-refractivity contribution in [2.24, 2.45) is 4.99 Å². The molecule has 28 heavy (non-hydrogen) atoms. The second-order valence-corrected chi connectivity index (χ2v) is 7.04. The highest BCUT2D eigenvalue weighted by molar-refractivity contribution is 14.0. The van der Waals surface area contributed by atoms with Crippen molar-refractivity contribution < 1.29 is 0 Å². The highest BCUT2D eigenvalue weighted by Crippen LogP contribution is 2.09. The van der Waals surface area contributed by atoms with Gasteiger partial charge in [0.25, 0.3) is 0 Å². The van der Waals surface area contributed by atoms with Gasteiger partial charge in [0.05, 0.1) is 0 Å². The molecular weight excluding hydrogens is 461 g/mol. The smallest absolute Gasteiger partial charge is 0.194 e. The van der Waals surface area contributed by atoms with E-state index in [0.717, 1.165) is 58.2 Å². The number of hydrogen-bond donors (Lipinski definition) is 1. The van der Waals surface area contributed by atoms with Gasteiger partial charge in [0.1, 0.15) is 0 Å². The average molecular weight is 493 g/mol. The molecule has 1 saturated heterocycles. The van der Waals surface area contributed by atoms with Gasteiger partial charge in [-0.25, -0.2) is 0 Å². The van der Waals surface area contributed by atoms with Crippen LogP contribution in [0, 0.1) is 6.92 Å². The molecule has 0 radical (unpaired) electrons. The molecule has 1 aliphatic heterocycles. The third-order valence-electron chi connectivity index (χ3n) is 5.03. The summed E-state index contributed by atoms with van der Waals surface area (Å²) in [6.45, 7) is 11.2. The van der Waals surface area contributed by atoms with E-state index >= 15 is 0 Å². The van der Waals surface area contributed by atoms with Crippen LogP contribution in [0.25, 0.3) is 0 Å². The van der Waals surface area contributed by atoms with Crippen LogP contribution in [0.3, 0.4) is 0 Å². The molecule has 5 nitrogen and oxygen atoms in total. The molecule has 0 unspecified atom stereocenters. The Bertz CT molecular complexity index is 727. The van der Waals surface area contributed by atoms with E-state index < -0.39 is 0 Å². The Hall–Kier alpha value is -1.67. The zero-order valence-corrected chi connectivity index (χ0v) is 19.3. The molecule has 3 rings (SSSR count). The first-order valence-corrected chi connectivity index (χ1v) is 9.95. The summed E-state index contributed by atoms with van der Waals surface area (Å²) in [5.74, 6) is 1.04. The van der Waals surface area contributed by atoms with Crippen LogP contribution in [0.15, 0.2) is 53.8 Å². The minimum absolute atomic E-state index is 0. The van der Waals surface area contributed by atoms with Crippen molar-refractivity contribution in [3.05, 3.63) is 65.5 Å². The predicted octanol–water partition coefficient (Wildman–Crippen LogP) is 3.33. The van der Waals surface area contributed by atoms with E-state index in [1.54, 1.807) is 0 Å². The number of nitrogens with one attached hydrogen (secondary N) is 1. The first kappa shape index (κ1) is 22.6. The Kier molecular flexibility index (Phi) is 9.70. The fraction of sp³-hybridized carbons (Fsp3) is 0.455. The Morgan fingerprint density at radius 1 is 1.11 bits per heavy atom. The molecule has 0 spiro atoms. The standard InChI is InChI=1S/C22H31N5.HI/c1-3-24-22(25-12-10-21-9-11-23-17-19(21)2)27-15-13-26(14-16-27)18-20-7-5-4-6-8-20;/h4-9,11,17H,3,10,12-16,18H2,1-2H3,(H,24,25);1H. The lowest BCUT2D eigenvalue weighted by molar-refractivity contribution is 0.172. The van der Waals surface area contributed by atoms with Crippen molar-refractivity contribution in [3.8, 4) is 0 Å². The Labute approximate surface area is 186 Å². The maximum absolute atomic E-state index is 4.88. The third-order valence-corrected chi connectivity index (χ3v) is 5.03. The molecule has 1 aliphatic rings. The van der Waals surface area contributed by atoms with E-state index in [4.69, 9.17) is 4.99 Å². The van der Waals surface area contributed by atoms with Gasteiger partial charge in [-0.15, -0.1) is 24.0 Å². The monoisotopic (exact) mass is 493 g/mol. The van der Waals surface area contributed by atoms with Gasteiger partial charge < -0.3 is 10.2 Å². The van der Waals surface area contributed by atoms with Crippen molar-refractivity contribution in [2.75, 3.05) is 39.3 Å². The van der Waals surface area contributed by atoms with Gasteiger partial charge in [0.2, 0.25) is 0 Å². The van der Waals surface area contributed by atoms with Gasteiger partial charge in [-0.3, -0.25) is 14.9 Å². The fourth-order valence-corrected chi connectivity index (χ4v) is 3.45. The number of piperazine rings is 1. The molecule has 0 saturated carbocycles. The van der Waals surface area contributed by atoms with Crippen molar-refractivity contribution >= 4 is 29.9 Å². The molecule has 1 N–H and O–H groups in total. The molecular formula is C22H32IN5. The van der Waals surface area contributed by atoms with Crippen LogP contribution in [0.4, 0.5) is 0 Å². The topological polar surface area (TPSA) is 43.8 Å². The van der Waals surface area contributed by atoms with Gasteiger partial charge in [0.15, 0.2) is 5.96 Å². The van der Waals surface area contributed by atoms with Crippen LogP contribution in [-0.4, -0.2) is 60.0 Å². The van der Waals surface area contributed by atoms with Crippen molar-refractivity contribution in [2.45, 2.75) is 26.8 Å². The van der Waals surface area contributed by atoms with E-state index in [1.807, 2.05) is 12.4 Å². The van der Waals surface area contributed by atoms with E-state index in [-0.39, 0.29) is 24.0 Å². The summed E-state index contributed by atoms with van der Waals surface area (Å²) in [5.41, 5.74) is 3.96. The number of pyridine rings is 1. The Morgan fingerprint density at radius 3 is 2.54 bits per heavy atom. The van der Waals surface area contributed by atoms with Gasteiger partial charge in [-0.2, -0.15) is 0 Å². The molecule has 2 heterocycles. The second-order valence-electron chi connectivity index (χ2n) is 7.04. The number of hydrogen-bond acceptors (Lipinski definition) is 3. The number of rotatable bonds is 6. The number of aryl methyl sites for hydroxylation is 1. The minimum atomic E-state index is 0. The quantitative estimate of drug-likeness (QED) is 0.381. The van der Waals surface area contributed by atoms with E-state index in [2.05, 4.69) is 70.3 Å². The SMILES string of the molecule is CCNC(=NCCc1ccncc1C)N1CCN(Cc2ccccc2)CC1.I. The number of halogens is 1. The van der Waals surface area contributed by atoms with Crippen molar-refractivity contribution in [3.63, 3.8) is 0 Å². The zero-order valence-electron chi connectivity index (χ0n) is 17.0. The Balaban J connectivity index is 0.00000280. The highest BCUT2D eigenvalue weighted by atomic mass is 127. The fourth-order valence-electron chi connectivity index (χ4n) is 3.45. The molecule has 0 amide bonds.